The maximum absolute atomic E-state index is 10.7. The molecule has 1 N–H and O–H groups in total. The zero-order valence-corrected chi connectivity index (χ0v) is 9.89. The lowest BCUT2D eigenvalue weighted by Crippen LogP contribution is -2.03. The molecule has 7 heteroatoms. The molecule has 2 rings (SSSR count). The number of carbonyl (C=O) groups is 1. The Morgan fingerprint density at radius 3 is 2.94 bits per heavy atom. The maximum atomic E-state index is 10.7. The van der Waals surface area contributed by atoms with E-state index < -0.39 is 5.97 Å². The highest BCUT2D eigenvalue weighted by molar-refractivity contribution is 7.98. The molecule has 0 unspecified atom stereocenters. The summed E-state index contributed by atoms with van der Waals surface area (Å²) in [6.07, 6.45) is 3.42. The van der Waals surface area contributed by atoms with Crippen molar-refractivity contribution in [1.82, 2.24) is 20.2 Å². The molecule has 1 aromatic carbocycles. The largest absolute Gasteiger partial charge is 0.481 e. The molecule has 0 amide bonds. The third-order valence-corrected chi connectivity index (χ3v) is 3.05. The lowest BCUT2D eigenvalue weighted by atomic mass is 10.1. The van der Waals surface area contributed by atoms with E-state index in [0.717, 1.165) is 16.1 Å². The number of nitrogens with zero attached hydrogens (tertiary/aromatic N) is 4. The van der Waals surface area contributed by atoms with Gasteiger partial charge in [-0.1, -0.05) is 6.07 Å². The minimum absolute atomic E-state index is 0.0199. The Bertz CT molecular complexity index is 527. The molecule has 0 saturated heterocycles. The first-order valence-corrected chi connectivity index (χ1v) is 6.05. The smallest absolute Gasteiger partial charge is 0.307 e. The highest BCUT2D eigenvalue weighted by Crippen LogP contribution is 2.23. The summed E-state index contributed by atoms with van der Waals surface area (Å²) in [5, 5.41) is 19.7. The highest BCUT2D eigenvalue weighted by atomic mass is 32.2. The number of rotatable bonds is 4. The van der Waals surface area contributed by atoms with Crippen molar-refractivity contribution >= 4 is 17.7 Å². The molecule has 17 heavy (non-hydrogen) atoms. The molecule has 0 saturated carbocycles. The van der Waals surface area contributed by atoms with Crippen LogP contribution in [0.15, 0.2) is 29.4 Å². The van der Waals surface area contributed by atoms with Gasteiger partial charge < -0.3 is 5.11 Å². The van der Waals surface area contributed by atoms with Crippen molar-refractivity contribution in [3.63, 3.8) is 0 Å². The number of aliphatic carboxylic acids is 1. The van der Waals surface area contributed by atoms with Gasteiger partial charge in [0, 0.05) is 4.90 Å². The van der Waals surface area contributed by atoms with Crippen molar-refractivity contribution in [3.8, 4) is 5.69 Å². The molecule has 0 atom stereocenters. The van der Waals surface area contributed by atoms with Crippen LogP contribution in [0.25, 0.3) is 5.69 Å². The van der Waals surface area contributed by atoms with Gasteiger partial charge >= 0.3 is 5.97 Å². The van der Waals surface area contributed by atoms with Crippen molar-refractivity contribution in [3.05, 3.63) is 30.1 Å². The van der Waals surface area contributed by atoms with E-state index in [-0.39, 0.29) is 6.42 Å². The summed E-state index contributed by atoms with van der Waals surface area (Å²) in [5.74, 6) is -0.838. The molecule has 2 aromatic rings. The molecule has 0 radical (unpaired) electrons. The number of thioether (sulfide) groups is 1. The van der Waals surface area contributed by atoms with Gasteiger partial charge in [0.05, 0.1) is 12.1 Å². The molecule has 88 valence electrons. The van der Waals surface area contributed by atoms with Gasteiger partial charge in [-0.25, -0.2) is 4.68 Å². The van der Waals surface area contributed by atoms with Crippen LogP contribution in [0.2, 0.25) is 0 Å². The van der Waals surface area contributed by atoms with Crippen LogP contribution in [-0.2, 0) is 11.2 Å². The van der Waals surface area contributed by atoms with E-state index in [4.69, 9.17) is 5.11 Å². The van der Waals surface area contributed by atoms with Crippen molar-refractivity contribution in [2.24, 2.45) is 0 Å². The van der Waals surface area contributed by atoms with E-state index in [0.29, 0.717) is 0 Å². The fourth-order valence-electron chi connectivity index (χ4n) is 1.46. The Hall–Kier alpha value is -1.89. The predicted octanol–water partition coefficient (Wildman–Crippen LogP) is 1.01. The quantitative estimate of drug-likeness (QED) is 0.816. The van der Waals surface area contributed by atoms with Crippen LogP contribution in [-0.4, -0.2) is 37.5 Å². The van der Waals surface area contributed by atoms with Gasteiger partial charge in [-0.15, -0.1) is 16.9 Å². The van der Waals surface area contributed by atoms with E-state index in [1.807, 2.05) is 12.3 Å². The van der Waals surface area contributed by atoms with Crippen LogP contribution in [0.1, 0.15) is 5.56 Å². The average Bonchev–Trinajstić information content (AvgIpc) is 2.82. The molecular weight excluding hydrogens is 240 g/mol. The van der Waals surface area contributed by atoms with E-state index >= 15 is 0 Å². The monoisotopic (exact) mass is 250 g/mol. The van der Waals surface area contributed by atoms with Gasteiger partial charge in [-0.2, -0.15) is 0 Å². The summed E-state index contributed by atoms with van der Waals surface area (Å²) in [6, 6.07) is 5.46. The number of benzene rings is 1. The predicted molar refractivity (Wildman–Crippen MR) is 62.3 cm³/mol. The SMILES string of the molecule is CSc1cc(-n2cnnn2)ccc1CC(=O)O. The molecule has 1 heterocycles. The minimum Gasteiger partial charge on any atom is -0.481 e. The highest BCUT2D eigenvalue weighted by Gasteiger charge is 2.08. The summed E-state index contributed by atoms with van der Waals surface area (Å²) in [4.78, 5) is 11.6. The van der Waals surface area contributed by atoms with Gasteiger partial charge in [0.1, 0.15) is 6.33 Å². The molecule has 0 aliphatic carbocycles. The summed E-state index contributed by atoms with van der Waals surface area (Å²) in [6.45, 7) is 0. The maximum Gasteiger partial charge on any atom is 0.307 e. The third kappa shape index (κ3) is 2.62. The molecule has 0 aliphatic heterocycles. The second-order valence-electron chi connectivity index (χ2n) is 3.32. The van der Waals surface area contributed by atoms with E-state index in [1.54, 1.807) is 12.1 Å². The fraction of sp³-hybridized carbons (Fsp3) is 0.200. The molecule has 0 bridgehead atoms. The number of hydrogen-bond acceptors (Lipinski definition) is 5. The molecule has 6 nitrogen and oxygen atoms in total. The summed E-state index contributed by atoms with van der Waals surface area (Å²) >= 11 is 1.50. The molecule has 0 fully saturated rings. The van der Waals surface area contributed by atoms with E-state index in [1.165, 1.54) is 22.8 Å². The minimum atomic E-state index is -0.838. The number of carboxylic acids is 1. The van der Waals surface area contributed by atoms with Crippen molar-refractivity contribution in [1.29, 1.82) is 0 Å². The van der Waals surface area contributed by atoms with Gasteiger partial charge in [0.2, 0.25) is 0 Å². The molecule has 1 aromatic heterocycles. The Morgan fingerprint density at radius 1 is 1.53 bits per heavy atom. The Labute approximate surface area is 102 Å². The lowest BCUT2D eigenvalue weighted by Gasteiger charge is -2.07. The number of carboxylic acid groups (broad SMARTS) is 1. The van der Waals surface area contributed by atoms with Gasteiger partial charge in [-0.3, -0.25) is 4.79 Å². The van der Waals surface area contributed by atoms with Crippen molar-refractivity contribution in [2.75, 3.05) is 6.26 Å². The lowest BCUT2D eigenvalue weighted by molar-refractivity contribution is -0.136. The second kappa shape index (κ2) is 4.96. The molecular formula is C10H10N4O2S. The van der Waals surface area contributed by atoms with Gasteiger partial charge in [0.15, 0.2) is 0 Å². The second-order valence-corrected chi connectivity index (χ2v) is 4.17. The zero-order valence-electron chi connectivity index (χ0n) is 9.07. The average molecular weight is 250 g/mol. The van der Waals surface area contributed by atoms with Crippen LogP contribution in [0, 0.1) is 0 Å². The first-order chi connectivity index (χ1) is 8.20. The van der Waals surface area contributed by atoms with Crippen LogP contribution in [0.4, 0.5) is 0 Å². The van der Waals surface area contributed by atoms with Crippen LogP contribution < -0.4 is 0 Å². The Morgan fingerprint density at radius 2 is 2.35 bits per heavy atom. The van der Waals surface area contributed by atoms with E-state index in [2.05, 4.69) is 15.5 Å². The zero-order chi connectivity index (χ0) is 12.3. The molecule has 0 spiro atoms. The number of aromatic nitrogens is 4. The normalized spacial score (nSPS) is 10.4. The Kier molecular flexibility index (Phi) is 3.38. The van der Waals surface area contributed by atoms with E-state index in [9.17, 15) is 4.79 Å². The third-order valence-electron chi connectivity index (χ3n) is 2.23. The number of hydrogen-bond donors (Lipinski definition) is 1. The summed E-state index contributed by atoms with van der Waals surface area (Å²) < 4.78 is 1.53. The first-order valence-electron chi connectivity index (χ1n) is 4.83. The van der Waals surface area contributed by atoms with Crippen LogP contribution >= 0.6 is 11.8 Å². The van der Waals surface area contributed by atoms with Crippen LogP contribution in [0.5, 0.6) is 0 Å². The van der Waals surface area contributed by atoms with Crippen molar-refractivity contribution in [2.45, 2.75) is 11.3 Å². The Balaban J connectivity index is 2.37. The van der Waals surface area contributed by atoms with Crippen LogP contribution in [0.3, 0.4) is 0 Å². The standard InChI is InChI=1S/C10H10N4O2S/c1-17-9-5-8(14-6-11-12-13-14)3-2-7(9)4-10(15)16/h2-3,5-6H,4H2,1H3,(H,15,16). The summed E-state index contributed by atoms with van der Waals surface area (Å²) in [7, 11) is 0. The number of tetrazole rings is 1. The topological polar surface area (TPSA) is 80.9 Å². The van der Waals surface area contributed by atoms with Gasteiger partial charge in [-0.05, 0) is 34.4 Å². The summed E-state index contributed by atoms with van der Waals surface area (Å²) in [5.41, 5.74) is 1.61. The first kappa shape index (κ1) is 11.6. The van der Waals surface area contributed by atoms with Crippen molar-refractivity contribution < 1.29 is 9.90 Å². The van der Waals surface area contributed by atoms with Gasteiger partial charge in [0.25, 0.3) is 0 Å². The molecule has 0 aliphatic rings. The fourth-order valence-corrected chi connectivity index (χ4v) is 2.11.